The summed E-state index contributed by atoms with van der Waals surface area (Å²) in [5.41, 5.74) is 5.65. The highest BCUT2D eigenvalue weighted by Gasteiger charge is 2.20. The molecule has 0 aliphatic heterocycles. The molecule has 1 aliphatic rings. The first-order valence-corrected chi connectivity index (χ1v) is 6.37. The standard InChI is InChI=1S/C14H20FNO.ClH/c15-13-3-1-2-4-14(13)17-10-12-7-5-11(9-16)6-8-12;/h1-4,11-12H,5-10,16H2;1H. The van der Waals surface area contributed by atoms with Gasteiger partial charge in [-0.05, 0) is 56.2 Å². The number of rotatable bonds is 4. The lowest BCUT2D eigenvalue weighted by atomic mass is 9.82. The van der Waals surface area contributed by atoms with Crippen molar-refractivity contribution in [2.75, 3.05) is 13.2 Å². The number of nitrogens with two attached hydrogens (primary N) is 1. The summed E-state index contributed by atoms with van der Waals surface area (Å²) in [6.45, 7) is 1.42. The zero-order valence-electron chi connectivity index (χ0n) is 10.5. The Bertz CT molecular complexity index is 353. The van der Waals surface area contributed by atoms with Gasteiger partial charge >= 0.3 is 0 Å². The molecule has 0 atom stereocenters. The highest BCUT2D eigenvalue weighted by atomic mass is 35.5. The second kappa shape index (κ2) is 7.59. The lowest BCUT2D eigenvalue weighted by Crippen LogP contribution is -2.24. The van der Waals surface area contributed by atoms with Crippen molar-refractivity contribution in [2.45, 2.75) is 25.7 Å². The van der Waals surface area contributed by atoms with Crippen LogP contribution >= 0.6 is 12.4 Å². The number of hydrogen-bond acceptors (Lipinski definition) is 2. The van der Waals surface area contributed by atoms with Gasteiger partial charge in [0.2, 0.25) is 0 Å². The summed E-state index contributed by atoms with van der Waals surface area (Å²) in [5.74, 6) is 1.33. The van der Waals surface area contributed by atoms with E-state index in [4.69, 9.17) is 10.5 Å². The largest absolute Gasteiger partial charge is 0.490 e. The van der Waals surface area contributed by atoms with E-state index in [9.17, 15) is 4.39 Å². The number of benzene rings is 1. The van der Waals surface area contributed by atoms with Crippen molar-refractivity contribution in [1.82, 2.24) is 0 Å². The van der Waals surface area contributed by atoms with Crippen LogP contribution in [0.1, 0.15) is 25.7 Å². The Morgan fingerprint density at radius 2 is 1.72 bits per heavy atom. The van der Waals surface area contributed by atoms with Crippen molar-refractivity contribution in [3.63, 3.8) is 0 Å². The molecule has 0 heterocycles. The monoisotopic (exact) mass is 273 g/mol. The molecule has 4 heteroatoms. The zero-order chi connectivity index (χ0) is 12.1. The predicted molar refractivity (Wildman–Crippen MR) is 73.6 cm³/mol. The summed E-state index contributed by atoms with van der Waals surface area (Å²) in [6, 6.07) is 6.58. The minimum absolute atomic E-state index is 0. The van der Waals surface area contributed by atoms with Crippen molar-refractivity contribution in [3.05, 3.63) is 30.1 Å². The number of halogens is 2. The van der Waals surface area contributed by atoms with E-state index < -0.39 is 0 Å². The van der Waals surface area contributed by atoms with E-state index in [2.05, 4.69) is 0 Å². The van der Waals surface area contributed by atoms with Gasteiger partial charge in [-0.2, -0.15) is 0 Å². The minimum atomic E-state index is -0.275. The molecule has 18 heavy (non-hydrogen) atoms. The average Bonchev–Trinajstić information content (AvgIpc) is 2.38. The summed E-state index contributed by atoms with van der Waals surface area (Å²) >= 11 is 0. The molecule has 0 spiro atoms. The molecule has 0 aromatic heterocycles. The number of ether oxygens (including phenoxy) is 1. The fraction of sp³-hybridized carbons (Fsp3) is 0.571. The normalized spacial score (nSPS) is 23.2. The van der Waals surface area contributed by atoms with Crippen LogP contribution in [-0.2, 0) is 0 Å². The maximum atomic E-state index is 13.3. The molecule has 2 rings (SSSR count). The van der Waals surface area contributed by atoms with E-state index in [0.29, 0.717) is 24.2 Å². The smallest absolute Gasteiger partial charge is 0.165 e. The van der Waals surface area contributed by atoms with Crippen LogP contribution < -0.4 is 10.5 Å². The molecule has 0 unspecified atom stereocenters. The van der Waals surface area contributed by atoms with E-state index in [1.165, 1.54) is 18.9 Å². The van der Waals surface area contributed by atoms with Gasteiger partial charge in [0.15, 0.2) is 11.6 Å². The highest BCUT2D eigenvalue weighted by molar-refractivity contribution is 5.85. The molecule has 1 fully saturated rings. The Hall–Kier alpha value is -0.800. The van der Waals surface area contributed by atoms with Crippen LogP contribution in [0.3, 0.4) is 0 Å². The summed E-state index contributed by atoms with van der Waals surface area (Å²) < 4.78 is 18.9. The van der Waals surface area contributed by atoms with Gasteiger partial charge in [0.1, 0.15) is 0 Å². The molecule has 2 nitrogen and oxygen atoms in total. The molecule has 0 bridgehead atoms. The Labute approximate surface area is 114 Å². The van der Waals surface area contributed by atoms with Gasteiger partial charge in [-0.25, -0.2) is 4.39 Å². The van der Waals surface area contributed by atoms with Crippen molar-refractivity contribution in [1.29, 1.82) is 0 Å². The van der Waals surface area contributed by atoms with Crippen molar-refractivity contribution >= 4 is 12.4 Å². The van der Waals surface area contributed by atoms with Crippen LogP contribution in [0.2, 0.25) is 0 Å². The lowest BCUT2D eigenvalue weighted by Gasteiger charge is -2.27. The maximum absolute atomic E-state index is 13.3. The first-order chi connectivity index (χ1) is 8.29. The summed E-state index contributed by atoms with van der Waals surface area (Å²) in [7, 11) is 0. The quantitative estimate of drug-likeness (QED) is 0.913. The predicted octanol–water partition coefficient (Wildman–Crippen LogP) is 3.39. The Balaban J connectivity index is 0.00000162. The van der Waals surface area contributed by atoms with E-state index in [-0.39, 0.29) is 18.2 Å². The Kier molecular flexibility index (Phi) is 6.44. The van der Waals surface area contributed by atoms with E-state index in [1.54, 1.807) is 18.2 Å². The summed E-state index contributed by atoms with van der Waals surface area (Å²) in [4.78, 5) is 0. The van der Waals surface area contributed by atoms with Gasteiger partial charge in [-0.15, -0.1) is 12.4 Å². The van der Waals surface area contributed by atoms with Crippen LogP contribution in [0, 0.1) is 17.7 Å². The van der Waals surface area contributed by atoms with Crippen LogP contribution in [0.25, 0.3) is 0 Å². The van der Waals surface area contributed by atoms with Gasteiger partial charge in [0.25, 0.3) is 0 Å². The maximum Gasteiger partial charge on any atom is 0.165 e. The fourth-order valence-corrected chi connectivity index (χ4v) is 2.40. The lowest BCUT2D eigenvalue weighted by molar-refractivity contribution is 0.180. The van der Waals surface area contributed by atoms with Crippen LogP contribution in [0.15, 0.2) is 24.3 Å². The first kappa shape index (κ1) is 15.3. The van der Waals surface area contributed by atoms with Crippen molar-refractivity contribution < 1.29 is 9.13 Å². The average molecular weight is 274 g/mol. The molecule has 0 radical (unpaired) electrons. The minimum Gasteiger partial charge on any atom is -0.490 e. The number of para-hydroxylation sites is 1. The molecule has 1 aliphatic carbocycles. The zero-order valence-corrected chi connectivity index (χ0v) is 11.3. The number of hydrogen-bond donors (Lipinski definition) is 1. The highest BCUT2D eigenvalue weighted by Crippen LogP contribution is 2.29. The van der Waals surface area contributed by atoms with E-state index >= 15 is 0 Å². The molecule has 0 saturated heterocycles. The first-order valence-electron chi connectivity index (χ1n) is 6.37. The topological polar surface area (TPSA) is 35.2 Å². The van der Waals surface area contributed by atoms with Crippen LogP contribution in [0.4, 0.5) is 4.39 Å². The Morgan fingerprint density at radius 1 is 1.11 bits per heavy atom. The van der Waals surface area contributed by atoms with Gasteiger partial charge in [0.05, 0.1) is 6.61 Å². The fourth-order valence-electron chi connectivity index (χ4n) is 2.40. The van der Waals surface area contributed by atoms with Crippen LogP contribution in [0.5, 0.6) is 5.75 Å². The third-order valence-corrected chi connectivity index (χ3v) is 3.61. The van der Waals surface area contributed by atoms with Crippen molar-refractivity contribution in [3.8, 4) is 5.75 Å². The third-order valence-electron chi connectivity index (χ3n) is 3.61. The summed E-state index contributed by atoms with van der Waals surface area (Å²) in [6.07, 6.45) is 4.66. The van der Waals surface area contributed by atoms with E-state index in [1.807, 2.05) is 0 Å². The van der Waals surface area contributed by atoms with Gasteiger partial charge in [0, 0.05) is 0 Å². The third kappa shape index (κ3) is 4.14. The molecule has 1 saturated carbocycles. The molecular weight excluding hydrogens is 253 g/mol. The SMILES string of the molecule is Cl.NCC1CCC(COc2ccccc2F)CC1. The van der Waals surface area contributed by atoms with E-state index in [0.717, 1.165) is 19.4 Å². The molecular formula is C14H21ClFNO. The van der Waals surface area contributed by atoms with Crippen molar-refractivity contribution in [2.24, 2.45) is 17.6 Å². The summed E-state index contributed by atoms with van der Waals surface area (Å²) in [5, 5.41) is 0. The molecule has 0 amide bonds. The van der Waals surface area contributed by atoms with Gasteiger partial charge < -0.3 is 10.5 Å². The van der Waals surface area contributed by atoms with Crippen LogP contribution in [-0.4, -0.2) is 13.2 Å². The molecule has 1 aromatic carbocycles. The molecule has 102 valence electrons. The molecule has 1 aromatic rings. The second-order valence-electron chi connectivity index (χ2n) is 4.86. The second-order valence-corrected chi connectivity index (χ2v) is 4.86. The Morgan fingerprint density at radius 3 is 2.33 bits per heavy atom. The van der Waals surface area contributed by atoms with Gasteiger partial charge in [-0.3, -0.25) is 0 Å². The molecule has 2 N–H and O–H groups in total. The van der Waals surface area contributed by atoms with Gasteiger partial charge in [-0.1, -0.05) is 12.1 Å².